The average Bonchev–Trinajstić information content (AvgIpc) is 2.31. The first-order valence-corrected chi connectivity index (χ1v) is 6.46. The van der Waals surface area contributed by atoms with E-state index in [0.29, 0.717) is 5.92 Å². The van der Waals surface area contributed by atoms with Crippen molar-refractivity contribution in [2.45, 2.75) is 51.0 Å². The van der Waals surface area contributed by atoms with E-state index in [0.717, 1.165) is 12.6 Å². The minimum atomic E-state index is 0.672. The van der Waals surface area contributed by atoms with E-state index < -0.39 is 0 Å². The van der Waals surface area contributed by atoms with Gasteiger partial charge >= 0.3 is 0 Å². The Balaban J connectivity index is 1.80. The fourth-order valence-corrected chi connectivity index (χ4v) is 3.15. The number of hydrogen-bond acceptors (Lipinski definition) is 3. The fourth-order valence-electron chi connectivity index (χ4n) is 3.15. The van der Waals surface area contributed by atoms with E-state index in [1.807, 2.05) is 0 Å². The molecule has 0 aromatic rings. The van der Waals surface area contributed by atoms with Crippen LogP contribution in [-0.2, 0) is 4.84 Å². The molecule has 1 aliphatic heterocycles. The van der Waals surface area contributed by atoms with Gasteiger partial charge < -0.3 is 9.74 Å². The zero-order chi connectivity index (χ0) is 10.5. The van der Waals surface area contributed by atoms with Crippen molar-refractivity contribution in [3.05, 3.63) is 0 Å². The highest BCUT2D eigenvalue weighted by Crippen LogP contribution is 2.26. The molecule has 3 heteroatoms. The number of nitrogens with two attached hydrogens (primary N) is 1. The Morgan fingerprint density at radius 1 is 1.07 bits per heavy atom. The van der Waals surface area contributed by atoms with Gasteiger partial charge in [-0.25, -0.2) is 5.90 Å². The number of likely N-dealkylation sites (tertiary alicyclic amines) is 1. The standard InChI is InChI=1S/C12H24N2O/c13-15-10-11-5-4-8-14(9-11)12-6-2-1-3-7-12/h11-12H,1-10,13H2. The lowest BCUT2D eigenvalue weighted by Gasteiger charge is -2.39. The van der Waals surface area contributed by atoms with Gasteiger partial charge in [-0.3, -0.25) is 0 Å². The zero-order valence-electron chi connectivity index (χ0n) is 9.66. The quantitative estimate of drug-likeness (QED) is 0.726. The van der Waals surface area contributed by atoms with Crippen molar-refractivity contribution in [1.29, 1.82) is 0 Å². The third-order valence-electron chi connectivity index (χ3n) is 3.97. The lowest BCUT2D eigenvalue weighted by atomic mass is 9.90. The molecular formula is C12H24N2O. The lowest BCUT2D eigenvalue weighted by molar-refractivity contribution is 0.0383. The van der Waals surface area contributed by atoms with Gasteiger partial charge in [-0.2, -0.15) is 0 Å². The van der Waals surface area contributed by atoms with E-state index in [9.17, 15) is 0 Å². The van der Waals surface area contributed by atoms with Crippen molar-refractivity contribution in [3.8, 4) is 0 Å². The molecule has 88 valence electrons. The molecule has 0 aromatic carbocycles. The number of nitrogens with zero attached hydrogens (tertiary/aromatic N) is 1. The maximum Gasteiger partial charge on any atom is 0.0719 e. The first-order valence-electron chi connectivity index (χ1n) is 6.46. The van der Waals surface area contributed by atoms with Crippen LogP contribution in [0.1, 0.15) is 44.9 Å². The molecule has 1 saturated carbocycles. The van der Waals surface area contributed by atoms with Gasteiger partial charge in [0.05, 0.1) is 6.61 Å². The van der Waals surface area contributed by atoms with Gasteiger partial charge in [0.1, 0.15) is 0 Å². The molecule has 1 unspecified atom stereocenters. The van der Waals surface area contributed by atoms with Crippen molar-refractivity contribution >= 4 is 0 Å². The maximum absolute atomic E-state index is 5.16. The summed E-state index contributed by atoms with van der Waals surface area (Å²) in [7, 11) is 0. The molecule has 0 spiro atoms. The Labute approximate surface area is 92.9 Å². The number of rotatable bonds is 3. The summed E-state index contributed by atoms with van der Waals surface area (Å²) in [5.74, 6) is 5.84. The Kier molecular flexibility index (Phi) is 4.42. The van der Waals surface area contributed by atoms with Crippen LogP contribution in [0, 0.1) is 5.92 Å². The SMILES string of the molecule is NOCC1CCCN(C2CCCCC2)C1. The summed E-state index contributed by atoms with van der Waals surface area (Å²) in [6.45, 7) is 3.25. The van der Waals surface area contributed by atoms with Crippen LogP contribution in [0.15, 0.2) is 0 Å². The fraction of sp³-hybridized carbons (Fsp3) is 1.00. The van der Waals surface area contributed by atoms with Crippen LogP contribution in [-0.4, -0.2) is 30.6 Å². The third kappa shape index (κ3) is 3.16. The molecule has 1 aliphatic carbocycles. The van der Waals surface area contributed by atoms with Crippen molar-refractivity contribution in [1.82, 2.24) is 4.90 Å². The van der Waals surface area contributed by atoms with Gasteiger partial charge in [-0.1, -0.05) is 19.3 Å². The first-order chi connectivity index (χ1) is 7.40. The minimum absolute atomic E-state index is 0.672. The molecule has 0 amide bonds. The second-order valence-electron chi connectivity index (χ2n) is 5.13. The van der Waals surface area contributed by atoms with E-state index in [-0.39, 0.29) is 0 Å². The Morgan fingerprint density at radius 2 is 1.87 bits per heavy atom. The van der Waals surface area contributed by atoms with Gasteiger partial charge in [0.2, 0.25) is 0 Å². The van der Waals surface area contributed by atoms with Gasteiger partial charge in [-0.15, -0.1) is 0 Å². The van der Waals surface area contributed by atoms with E-state index >= 15 is 0 Å². The summed E-state index contributed by atoms with van der Waals surface area (Å²) in [5.41, 5.74) is 0. The zero-order valence-corrected chi connectivity index (χ0v) is 9.66. The third-order valence-corrected chi connectivity index (χ3v) is 3.97. The molecular weight excluding hydrogens is 188 g/mol. The van der Waals surface area contributed by atoms with Gasteiger partial charge in [0, 0.05) is 12.6 Å². The maximum atomic E-state index is 5.16. The summed E-state index contributed by atoms with van der Waals surface area (Å²) < 4.78 is 0. The van der Waals surface area contributed by atoms with Crippen LogP contribution in [0.5, 0.6) is 0 Å². The predicted molar refractivity (Wildman–Crippen MR) is 61.3 cm³/mol. The summed E-state index contributed by atoms with van der Waals surface area (Å²) >= 11 is 0. The average molecular weight is 212 g/mol. The second-order valence-corrected chi connectivity index (χ2v) is 5.13. The van der Waals surface area contributed by atoms with E-state index in [2.05, 4.69) is 4.90 Å². The van der Waals surface area contributed by atoms with Crippen LogP contribution >= 0.6 is 0 Å². The van der Waals surface area contributed by atoms with E-state index in [1.165, 1.54) is 58.0 Å². The molecule has 3 nitrogen and oxygen atoms in total. The van der Waals surface area contributed by atoms with Crippen molar-refractivity contribution in [2.24, 2.45) is 11.8 Å². The monoisotopic (exact) mass is 212 g/mol. The molecule has 0 radical (unpaired) electrons. The summed E-state index contributed by atoms with van der Waals surface area (Å²) in [5, 5.41) is 0. The molecule has 1 saturated heterocycles. The van der Waals surface area contributed by atoms with Gasteiger partial charge in [-0.05, 0) is 38.1 Å². The summed E-state index contributed by atoms with van der Waals surface area (Å²) in [6.07, 6.45) is 9.75. The highest BCUT2D eigenvalue weighted by Gasteiger charge is 2.26. The number of piperidine rings is 1. The Bertz CT molecular complexity index is 178. The van der Waals surface area contributed by atoms with Crippen molar-refractivity contribution in [2.75, 3.05) is 19.7 Å². The van der Waals surface area contributed by atoms with E-state index in [1.54, 1.807) is 0 Å². The smallest absolute Gasteiger partial charge is 0.0719 e. The summed E-state index contributed by atoms with van der Waals surface area (Å²) in [6, 6.07) is 0.860. The molecule has 2 fully saturated rings. The molecule has 2 aliphatic rings. The van der Waals surface area contributed by atoms with E-state index in [4.69, 9.17) is 10.7 Å². The first kappa shape index (κ1) is 11.4. The van der Waals surface area contributed by atoms with Crippen LogP contribution in [0.25, 0.3) is 0 Å². The molecule has 0 aromatic heterocycles. The molecule has 2 rings (SSSR count). The lowest BCUT2D eigenvalue weighted by Crippen LogP contribution is -2.44. The van der Waals surface area contributed by atoms with Crippen LogP contribution < -0.4 is 5.90 Å². The molecule has 0 bridgehead atoms. The highest BCUT2D eigenvalue weighted by molar-refractivity contribution is 4.81. The summed E-state index contributed by atoms with van der Waals surface area (Å²) in [4.78, 5) is 7.48. The number of hydrogen-bond donors (Lipinski definition) is 1. The predicted octanol–water partition coefficient (Wildman–Crippen LogP) is 1.92. The van der Waals surface area contributed by atoms with Crippen LogP contribution in [0.3, 0.4) is 0 Å². The normalized spacial score (nSPS) is 30.6. The van der Waals surface area contributed by atoms with Crippen molar-refractivity contribution < 1.29 is 4.84 Å². The second kappa shape index (κ2) is 5.83. The topological polar surface area (TPSA) is 38.5 Å². The largest absolute Gasteiger partial charge is 0.304 e. The molecule has 1 atom stereocenters. The minimum Gasteiger partial charge on any atom is -0.304 e. The van der Waals surface area contributed by atoms with Crippen LogP contribution in [0.2, 0.25) is 0 Å². The van der Waals surface area contributed by atoms with Crippen molar-refractivity contribution in [3.63, 3.8) is 0 Å². The Hall–Kier alpha value is -0.120. The van der Waals surface area contributed by atoms with Crippen LogP contribution in [0.4, 0.5) is 0 Å². The molecule has 1 heterocycles. The highest BCUT2D eigenvalue weighted by atomic mass is 16.6. The molecule has 15 heavy (non-hydrogen) atoms. The van der Waals surface area contributed by atoms with Gasteiger partial charge in [0.15, 0.2) is 0 Å². The van der Waals surface area contributed by atoms with Gasteiger partial charge in [0.25, 0.3) is 0 Å². The Morgan fingerprint density at radius 3 is 2.60 bits per heavy atom. The molecule has 2 N–H and O–H groups in total.